The molecule has 0 unspecified atom stereocenters. The van der Waals surface area contributed by atoms with E-state index < -0.39 is 0 Å². The molecule has 0 bridgehead atoms. The summed E-state index contributed by atoms with van der Waals surface area (Å²) in [5, 5.41) is 11.6. The Labute approximate surface area is 176 Å². The summed E-state index contributed by atoms with van der Waals surface area (Å²) >= 11 is 0. The van der Waals surface area contributed by atoms with E-state index in [1.165, 1.54) is 0 Å². The fraction of sp³-hybridized carbons (Fsp3) is 0.391. The van der Waals surface area contributed by atoms with E-state index in [4.69, 9.17) is 0 Å². The molecule has 1 aromatic heterocycles. The van der Waals surface area contributed by atoms with Gasteiger partial charge in [-0.3, -0.25) is 19.5 Å². The molecule has 3 rings (SSSR count). The van der Waals surface area contributed by atoms with Crippen molar-refractivity contribution in [1.29, 1.82) is 0 Å². The van der Waals surface area contributed by atoms with Gasteiger partial charge in [0.05, 0.1) is 48.3 Å². The van der Waals surface area contributed by atoms with E-state index in [1.807, 2.05) is 36.4 Å². The summed E-state index contributed by atoms with van der Waals surface area (Å²) < 4.78 is 2.54. The Kier molecular flexibility index (Phi) is 6.95. The van der Waals surface area contributed by atoms with Crippen LogP contribution in [0.5, 0.6) is 0 Å². The van der Waals surface area contributed by atoms with E-state index in [2.05, 4.69) is 18.8 Å². The van der Waals surface area contributed by atoms with Crippen molar-refractivity contribution >= 4 is 16.6 Å². The normalized spacial score (nSPS) is 11.7. The van der Waals surface area contributed by atoms with Crippen molar-refractivity contribution in [3.8, 4) is 0 Å². The Morgan fingerprint density at radius 3 is 2.30 bits per heavy atom. The number of non-ortho nitro benzene ring substituents is 1. The molecule has 0 amide bonds. The number of fused-ring (bicyclic) bond motifs is 1. The van der Waals surface area contributed by atoms with Gasteiger partial charge in [-0.15, -0.1) is 0 Å². The molecule has 0 radical (unpaired) electrons. The SMILES string of the molecule is CCC[N+](CCC)(CCn1cnc2ccccc2c1=O)Cc1ccc([N+](=O)[O-])cc1. The topological polar surface area (TPSA) is 78.0 Å². The van der Waals surface area contributed by atoms with E-state index in [0.717, 1.165) is 49.1 Å². The van der Waals surface area contributed by atoms with E-state index in [9.17, 15) is 14.9 Å². The summed E-state index contributed by atoms with van der Waals surface area (Å²) in [5.74, 6) is 0. The molecule has 0 fully saturated rings. The van der Waals surface area contributed by atoms with Crippen molar-refractivity contribution in [2.45, 2.75) is 39.8 Å². The summed E-state index contributed by atoms with van der Waals surface area (Å²) in [6, 6.07) is 14.2. The Hall–Kier alpha value is -3.06. The molecule has 7 nitrogen and oxygen atoms in total. The van der Waals surface area contributed by atoms with Gasteiger partial charge in [0.1, 0.15) is 6.54 Å². The van der Waals surface area contributed by atoms with Crippen molar-refractivity contribution < 1.29 is 9.41 Å². The van der Waals surface area contributed by atoms with Crippen LogP contribution in [0.2, 0.25) is 0 Å². The second kappa shape index (κ2) is 9.63. The number of quaternary nitrogens is 1. The predicted molar refractivity (Wildman–Crippen MR) is 118 cm³/mol. The molecule has 158 valence electrons. The molecule has 2 aromatic carbocycles. The standard InChI is InChI=1S/C23H29N4O3/c1-3-14-27(15-4-2,17-19-9-11-20(12-10-19)26(29)30)16-13-25-18-24-22-8-6-5-7-21(22)23(25)28/h5-12,18H,3-4,13-17H2,1-2H3/q+1. The quantitative estimate of drug-likeness (QED) is 0.286. The van der Waals surface area contributed by atoms with Crippen LogP contribution in [-0.2, 0) is 13.1 Å². The van der Waals surface area contributed by atoms with Crippen LogP contribution in [0, 0.1) is 10.1 Å². The highest BCUT2D eigenvalue weighted by atomic mass is 16.6. The van der Waals surface area contributed by atoms with Crippen molar-refractivity contribution in [3.63, 3.8) is 0 Å². The van der Waals surface area contributed by atoms with E-state index in [0.29, 0.717) is 17.4 Å². The van der Waals surface area contributed by atoms with E-state index >= 15 is 0 Å². The minimum Gasteiger partial charge on any atom is -0.318 e. The zero-order chi connectivity index (χ0) is 21.6. The van der Waals surface area contributed by atoms with Gasteiger partial charge in [0, 0.05) is 17.7 Å². The molecule has 0 aliphatic rings. The summed E-state index contributed by atoms with van der Waals surface area (Å²) in [7, 11) is 0. The van der Waals surface area contributed by atoms with Crippen LogP contribution < -0.4 is 5.56 Å². The lowest BCUT2D eigenvalue weighted by atomic mass is 10.1. The monoisotopic (exact) mass is 409 g/mol. The number of nitro benzene ring substituents is 1. The van der Waals surface area contributed by atoms with Crippen LogP contribution >= 0.6 is 0 Å². The molecule has 0 spiro atoms. The van der Waals surface area contributed by atoms with Gasteiger partial charge in [-0.25, -0.2) is 4.98 Å². The minimum atomic E-state index is -0.372. The second-order valence-corrected chi connectivity index (χ2v) is 7.85. The molecular weight excluding hydrogens is 380 g/mol. The molecule has 7 heteroatoms. The zero-order valence-corrected chi connectivity index (χ0v) is 17.7. The summed E-state index contributed by atoms with van der Waals surface area (Å²) in [4.78, 5) is 27.9. The van der Waals surface area contributed by atoms with Crippen LogP contribution in [0.3, 0.4) is 0 Å². The van der Waals surface area contributed by atoms with Gasteiger partial charge in [-0.2, -0.15) is 0 Å². The van der Waals surface area contributed by atoms with Crippen LogP contribution in [0.25, 0.3) is 10.9 Å². The van der Waals surface area contributed by atoms with Crippen LogP contribution in [-0.4, -0.2) is 38.6 Å². The highest BCUT2D eigenvalue weighted by Crippen LogP contribution is 2.20. The van der Waals surface area contributed by atoms with Crippen LogP contribution in [0.1, 0.15) is 32.3 Å². The first-order valence-electron chi connectivity index (χ1n) is 10.5. The molecule has 3 aromatic rings. The number of rotatable bonds is 10. The van der Waals surface area contributed by atoms with Gasteiger partial charge in [0.2, 0.25) is 0 Å². The van der Waals surface area contributed by atoms with Crippen molar-refractivity contribution in [1.82, 2.24) is 9.55 Å². The third-order valence-electron chi connectivity index (χ3n) is 5.61. The summed E-state index contributed by atoms with van der Waals surface area (Å²) in [6.07, 6.45) is 3.69. The zero-order valence-electron chi connectivity index (χ0n) is 17.7. The minimum absolute atomic E-state index is 0.0120. The highest BCUT2D eigenvalue weighted by Gasteiger charge is 2.26. The fourth-order valence-corrected chi connectivity index (χ4v) is 4.22. The number of benzene rings is 2. The van der Waals surface area contributed by atoms with Gasteiger partial charge in [0.25, 0.3) is 11.2 Å². The number of para-hydroxylation sites is 1. The summed E-state index contributed by atoms with van der Waals surface area (Å²) in [6.45, 7) is 8.49. The average molecular weight is 410 g/mol. The molecular formula is C23H29N4O3+. The number of hydrogen-bond acceptors (Lipinski definition) is 4. The molecule has 0 aliphatic heterocycles. The maximum atomic E-state index is 12.9. The number of hydrogen-bond donors (Lipinski definition) is 0. The van der Waals surface area contributed by atoms with Gasteiger partial charge < -0.3 is 4.48 Å². The Morgan fingerprint density at radius 2 is 1.67 bits per heavy atom. The lowest BCUT2D eigenvalue weighted by Gasteiger charge is -2.39. The molecule has 0 atom stereocenters. The molecule has 0 saturated heterocycles. The average Bonchev–Trinajstić information content (AvgIpc) is 2.74. The fourth-order valence-electron chi connectivity index (χ4n) is 4.22. The number of nitrogens with zero attached hydrogens (tertiary/aromatic N) is 4. The lowest BCUT2D eigenvalue weighted by Crippen LogP contribution is -2.50. The third-order valence-corrected chi connectivity index (χ3v) is 5.61. The third kappa shape index (κ3) is 4.91. The van der Waals surface area contributed by atoms with Crippen molar-refractivity contribution in [3.05, 3.63) is 80.9 Å². The first kappa shape index (κ1) is 21.6. The first-order chi connectivity index (χ1) is 14.5. The number of nitro groups is 1. The van der Waals surface area contributed by atoms with Crippen LogP contribution in [0.15, 0.2) is 59.7 Å². The molecule has 0 N–H and O–H groups in total. The first-order valence-corrected chi connectivity index (χ1v) is 10.5. The van der Waals surface area contributed by atoms with Gasteiger partial charge in [-0.05, 0) is 37.1 Å². The van der Waals surface area contributed by atoms with Crippen molar-refractivity contribution in [2.24, 2.45) is 0 Å². The predicted octanol–water partition coefficient (Wildman–Crippen LogP) is 4.14. The molecule has 0 aliphatic carbocycles. The Morgan fingerprint density at radius 1 is 1.00 bits per heavy atom. The molecule has 0 saturated carbocycles. The van der Waals surface area contributed by atoms with Crippen molar-refractivity contribution in [2.75, 3.05) is 19.6 Å². The smallest absolute Gasteiger partial charge is 0.269 e. The molecule has 30 heavy (non-hydrogen) atoms. The van der Waals surface area contributed by atoms with Gasteiger partial charge in [-0.1, -0.05) is 26.0 Å². The maximum absolute atomic E-state index is 12.9. The maximum Gasteiger partial charge on any atom is 0.269 e. The Balaban J connectivity index is 1.85. The van der Waals surface area contributed by atoms with Gasteiger partial charge >= 0.3 is 0 Å². The number of aromatic nitrogens is 2. The largest absolute Gasteiger partial charge is 0.318 e. The Bertz CT molecular complexity index is 1050. The van der Waals surface area contributed by atoms with E-state index in [-0.39, 0.29) is 16.2 Å². The molecule has 1 heterocycles. The summed E-state index contributed by atoms with van der Waals surface area (Å²) in [5.41, 5.74) is 1.89. The lowest BCUT2D eigenvalue weighted by molar-refractivity contribution is -0.941. The second-order valence-electron chi connectivity index (χ2n) is 7.85. The van der Waals surface area contributed by atoms with E-state index in [1.54, 1.807) is 23.0 Å². The van der Waals surface area contributed by atoms with Crippen LogP contribution in [0.4, 0.5) is 5.69 Å². The van der Waals surface area contributed by atoms with Gasteiger partial charge in [0.15, 0.2) is 0 Å². The highest BCUT2D eigenvalue weighted by molar-refractivity contribution is 5.76.